The summed E-state index contributed by atoms with van der Waals surface area (Å²) in [5.41, 5.74) is 0.319. The average Bonchev–Trinajstić information content (AvgIpc) is 2.14. The lowest BCUT2D eigenvalue weighted by Gasteiger charge is -2.12. The zero-order valence-corrected chi connectivity index (χ0v) is 8.44. The second kappa shape index (κ2) is 4.39. The normalized spacial score (nSPS) is 13.4. The number of nitrogens with one attached hydrogen (secondary N) is 1. The Balaban J connectivity index is 3.00. The van der Waals surface area contributed by atoms with Gasteiger partial charge in [-0.25, -0.2) is 5.14 Å². The van der Waals surface area contributed by atoms with Crippen LogP contribution in [0.4, 0.5) is 0 Å². The summed E-state index contributed by atoms with van der Waals surface area (Å²) < 4.78 is 23.3. The van der Waals surface area contributed by atoms with Crippen LogP contribution in [0.2, 0.25) is 0 Å². The first-order chi connectivity index (χ1) is 6.90. The van der Waals surface area contributed by atoms with Crippen molar-refractivity contribution >= 4 is 16.2 Å². The summed E-state index contributed by atoms with van der Waals surface area (Å²) in [6.45, 7) is 0. The van der Waals surface area contributed by atoms with Crippen LogP contribution >= 0.6 is 0 Å². The predicted octanol–water partition coefficient (Wildman–Crippen LogP) is -0.395. The molecule has 0 saturated carbocycles. The number of aliphatic carboxylic acids is 1. The van der Waals surface area contributed by atoms with Crippen molar-refractivity contribution in [3.8, 4) is 0 Å². The Labute approximate surface area is 86.9 Å². The van der Waals surface area contributed by atoms with Crippen molar-refractivity contribution in [2.45, 2.75) is 6.04 Å². The van der Waals surface area contributed by atoms with Gasteiger partial charge in [0, 0.05) is 0 Å². The summed E-state index contributed by atoms with van der Waals surface area (Å²) in [7, 11) is -4.05. The minimum absolute atomic E-state index is 0.319. The van der Waals surface area contributed by atoms with Crippen LogP contribution in [0.3, 0.4) is 0 Å². The maximum absolute atomic E-state index is 10.8. The summed E-state index contributed by atoms with van der Waals surface area (Å²) in [6.07, 6.45) is 0. The number of benzene rings is 1. The minimum Gasteiger partial charge on any atom is -0.480 e. The number of rotatable bonds is 4. The van der Waals surface area contributed by atoms with E-state index in [2.05, 4.69) is 0 Å². The van der Waals surface area contributed by atoms with Crippen LogP contribution < -0.4 is 9.86 Å². The van der Waals surface area contributed by atoms with E-state index >= 15 is 0 Å². The van der Waals surface area contributed by atoms with Gasteiger partial charge < -0.3 is 5.11 Å². The molecule has 0 heterocycles. The molecule has 0 unspecified atom stereocenters. The van der Waals surface area contributed by atoms with Gasteiger partial charge in [0.15, 0.2) is 0 Å². The zero-order valence-electron chi connectivity index (χ0n) is 7.62. The van der Waals surface area contributed by atoms with Gasteiger partial charge in [0.05, 0.1) is 0 Å². The topological polar surface area (TPSA) is 109 Å². The molecule has 0 aliphatic carbocycles. The lowest BCUT2D eigenvalue weighted by Crippen LogP contribution is -2.38. The maximum atomic E-state index is 10.8. The first-order valence-electron chi connectivity index (χ1n) is 3.98. The van der Waals surface area contributed by atoms with Crippen molar-refractivity contribution in [3.63, 3.8) is 0 Å². The van der Waals surface area contributed by atoms with Crippen LogP contribution in [-0.4, -0.2) is 19.5 Å². The Morgan fingerprint density at radius 2 is 1.87 bits per heavy atom. The lowest BCUT2D eigenvalue weighted by atomic mass is 10.1. The van der Waals surface area contributed by atoms with Gasteiger partial charge in [0.2, 0.25) is 0 Å². The number of carbonyl (C=O) groups is 1. The van der Waals surface area contributed by atoms with Gasteiger partial charge in [0.1, 0.15) is 6.04 Å². The van der Waals surface area contributed by atoms with E-state index in [1.807, 2.05) is 4.72 Å². The second-order valence-corrected chi connectivity index (χ2v) is 4.17. The smallest absolute Gasteiger partial charge is 0.326 e. The Hall–Kier alpha value is -1.44. The van der Waals surface area contributed by atoms with Gasteiger partial charge in [-0.15, -0.1) is 0 Å². The van der Waals surface area contributed by atoms with Gasteiger partial charge >= 0.3 is 5.97 Å². The molecule has 1 aromatic carbocycles. The largest absolute Gasteiger partial charge is 0.480 e. The van der Waals surface area contributed by atoms with Gasteiger partial charge in [-0.05, 0) is 5.56 Å². The highest BCUT2D eigenvalue weighted by atomic mass is 32.2. The van der Waals surface area contributed by atoms with Crippen LogP contribution in [0, 0.1) is 0 Å². The minimum atomic E-state index is -4.05. The molecule has 0 amide bonds. The monoisotopic (exact) mass is 230 g/mol. The third kappa shape index (κ3) is 3.66. The second-order valence-electron chi connectivity index (χ2n) is 2.84. The molecule has 0 radical (unpaired) electrons. The van der Waals surface area contributed by atoms with Crippen molar-refractivity contribution in [2.75, 3.05) is 0 Å². The molecule has 0 aromatic heterocycles. The van der Waals surface area contributed by atoms with E-state index in [-0.39, 0.29) is 0 Å². The summed E-state index contributed by atoms with van der Waals surface area (Å²) in [5.74, 6) is -1.31. The molecule has 1 atom stereocenters. The predicted molar refractivity (Wildman–Crippen MR) is 53.1 cm³/mol. The van der Waals surface area contributed by atoms with Crippen LogP contribution in [-0.2, 0) is 15.0 Å². The third-order valence-corrected chi connectivity index (χ3v) is 2.23. The van der Waals surface area contributed by atoms with E-state index in [0.29, 0.717) is 5.56 Å². The van der Waals surface area contributed by atoms with E-state index < -0.39 is 22.2 Å². The molecule has 0 spiro atoms. The molecule has 0 saturated heterocycles. The highest BCUT2D eigenvalue weighted by Gasteiger charge is 2.23. The van der Waals surface area contributed by atoms with Crippen LogP contribution in [0.25, 0.3) is 0 Å². The molecular weight excluding hydrogens is 220 g/mol. The molecule has 7 heteroatoms. The van der Waals surface area contributed by atoms with Crippen molar-refractivity contribution < 1.29 is 18.3 Å². The van der Waals surface area contributed by atoms with Crippen LogP contribution in [0.15, 0.2) is 30.3 Å². The summed E-state index contributed by atoms with van der Waals surface area (Å²) in [5, 5.41) is 13.5. The molecule has 0 aliphatic rings. The SMILES string of the molecule is NS(=O)(=O)N[C@H](C(=O)O)c1ccccc1. The fourth-order valence-electron chi connectivity index (χ4n) is 1.07. The summed E-state index contributed by atoms with van der Waals surface area (Å²) in [4.78, 5) is 10.8. The zero-order chi connectivity index (χ0) is 11.5. The fourth-order valence-corrected chi connectivity index (χ4v) is 1.64. The van der Waals surface area contributed by atoms with Crippen LogP contribution in [0.1, 0.15) is 11.6 Å². The Kier molecular flexibility index (Phi) is 3.40. The molecule has 0 aliphatic heterocycles. The summed E-state index contributed by atoms with van der Waals surface area (Å²) in [6, 6.07) is 6.54. The standard InChI is InChI=1S/C8H10N2O4S/c9-15(13,14)10-7(8(11)12)6-4-2-1-3-5-6/h1-5,7,10H,(H,11,12)(H2,9,13,14)/t7-/m0/s1. The highest BCUT2D eigenvalue weighted by Crippen LogP contribution is 2.12. The van der Waals surface area contributed by atoms with Gasteiger partial charge in [-0.2, -0.15) is 13.1 Å². The number of hydrogen-bond donors (Lipinski definition) is 3. The molecule has 4 N–H and O–H groups in total. The molecule has 82 valence electrons. The van der Waals surface area contributed by atoms with Crippen molar-refractivity contribution in [1.29, 1.82) is 0 Å². The molecule has 6 nitrogen and oxygen atoms in total. The van der Waals surface area contributed by atoms with E-state index in [1.54, 1.807) is 18.2 Å². The van der Waals surface area contributed by atoms with Gasteiger partial charge in [-0.3, -0.25) is 4.79 Å². The van der Waals surface area contributed by atoms with Gasteiger partial charge in [-0.1, -0.05) is 30.3 Å². The van der Waals surface area contributed by atoms with Crippen molar-refractivity contribution in [1.82, 2.24) is 4.72 Å². The third-order valence-electron chi connectivity index (χ3n) is 1.66. The molecule has 0 fully saturated rings. The van der Waals surface area contributed by atoms with E-state index in [9.17, 15) is 13.2 Å². The fraction of sp³-hybridized carbons (Fsp3) is 0.125. The maximum Gasteiger partial charge on any atom is 0.326 e. The molecular formula is C8H10N2O4S. The Morgan fingerprint density at radius 1 is 1.33 bits per heavy atom. The van der Waals surface area contributed by atoms with E-state index in [4.69, 9.17) is 10.2 Å². The van der Waals surface area contributed by atoms with Gasteiger partial charge in [0.25, 0.3) is 10.2 Å². The Bertz CT molecular complexity index is 443. The Morgan fingerprint density at radius 3 is 2.27 bits per heavy atom. The van der Waals surface area contributed by atoms with E-state index in [1.165, 1.54) is 12.1 Å². The first-order valence-corrected chi connectivity index (χ1v) is 5.52. The average molecular weight is 230 g/mol. The van der Waals surface area contributed by atoms with Crippen molar-refractivity contribution in [3.05, 3.63) is 35.9 Å². The first kappa shape index (κ1) is 11.6. The van der Waals surface area contributed by atoms with Crippen molar-refractivity contribution in [2.24, 2.45) is 5.14 Å². The number of hydrogen-bond acceptors (Lipinski definition) is 3. The molecule has 0 bridgehead atoms. The summed E-state index contributed by atoms with van der Waals surface area (Å²) >= 11 is 0. The van der Waals surface area contributed by atoms with E-state index in [0.717, 1.165) is 0 Å². The molecule has 15 heavy (non-hydrogen) atoms. The number of carboxylic acids is 1. The number of nitrogens with two attached hydrogens (primary N) is 1. The molecule has 1 aromatic rings. The molecule has 1 rings (SSSR count). The highest BCUT2D eigenvalue weighted by molar-refractivity contribution is 7.87. The van der Waals surface area contributed by atoms with Crippen LogP contribution in [0.5, 0.6) is 0 Å². The quantitative estimate of drug-likeness (QED) is 0.654. The lowest BCUT2D eigenvalue weighted by molar-refractivity contribution is -0.139. The number of carboxylic acid groups (broad SMARTS) is 1.